The van der Waals surface area contributed by atoms with Gasteiger partial charge in [0.15, 0.2) is 5.75 Å². The molecule has 4 heteroatoms. The molecule has 0 radical (unpaired) electrons. The minimum atomic E-state index is -0.236. The summed E-state index contributed by atoms with van der Waals surface area (Å²) < 4.78 is 13.4. The van der Waals surface area contributed by atoms with Gasteiger partial charge in [-0.2, -0.15) is 0 Å². The number of quaternary nitrogens is 1. The summed E-state index contributed by atoms with van der Waals surface area (Å²) in [6.07, 6.45) is 5.32. The highest BCUT2D eigenvalue weighted by molar-refractivity contribution is 5.85. The molecule has 3 nitrogen and oxygen atoms in total. The fraction of sp³-hybridized carbons (Fsp3) is 0.286. The summed E-state index contributed by atoms with van der Waals surface area (Å²) in [5, 5.41) is 11.8. The smallest absolute Gasteiger partial charge is 0.151 e. The average molecular weight is 337 g/mol. The van der Waals surface area contributed by atoms with Crippen LogP contribution in [0.2, 0.25) is 0 Å². The molecule has 1 aromatic heterocycles. The van der Waals surface area contributed by atoms with E-state index in [1.807, 2.05) is 36.4 Å². The summed E-state index contributed by atoms with van der Waals surface area (Å²) in [4.78, 5) is 5.78. The number of phenols is 1. The molecule has 0 bridgehead atoms. The van der Waals surface area contributed by atoms with Crippen molar-refractivity contribution in [2.24, 2.45) is 0 Å². The third kappa shape index (κ3) is 3.10. The Morgan fingerprint density at radius 2 is 1.72 bits per heavy atom. The van der Waals surface area contributed by atoms with Gasteiger partial charge < -0.3 is 10.0 Å². The van der Waals surface area contributed by atoms with Crippen LogP contribution in [0.1, 0.15) is 36.4 Å². The Bertz CT molecular complexity index is 873. The predicted molar refractivity (Wildman–Crippen MR) is 96.2 cm³/mol. The second-order valence-electron chi connectivity index (χ2n) is 6.78. The highest BCUT2D eigenvalue weighted by Crippen LogP contribution is 2.33. The number of hydrogen-bond acceptors (Lipinski definition) is 2. The van der Waals surface area contributed by atoms with Crippen LogP contribution in [0.3, 0.4) is 0 Å². The lowest BCUT2D eigenvalue weighted by Crippen LogP contribution is -3.13. The van der Waals surface area contributed by atoms with Gasteiger partial charge in [0.05, 0.1) is 18.7 Å². The first-order valence-electron chi connectivity index (χ1n) is 8.90. The van der Waals surface area contributed by atoms with Crippen LogP contribution < -0.4 is 4.90 Å². The summed E-state index contributed by atoms with van der Waals surface area (Å²) in [6.45, 7) is 2.11. The first-order valence-corrected chi connectivity index (χ1v) is 8.90. The number of hydrogen-bond donors (Lipinski definition) is 2. The first kappa shape index (κ1) is 16.0. The van der Waals surface area contributed by atoms with E-state index in [1.54, 1.807) is 6.20 Å². The van der Waals surface area contributed by atoms with Crippen molar-refractivity contribution in [1.82, 2.24) is 4.98 Å². The Labute approximate surface area is 146 Å². The maximum Gasteiger partial charge on any atom is 0.151 e. The number of aromatic hydroxyl groups is 1. The Balaban J connectivity index is 1.85. The lowest BCUT2D eigenvalue weighted by molar-refractivity contribution is -0.930. The third-order valence-electron chi connectivity index (χ3n) is 5.20. The van der Waals surface area contributed by atoms with Crippen molar-refractivity contribution in [1.29, 1.82) is 0 Å². The normalized spacial score (nSPS) is 16.8. The van der Waals surface area contributed by atoms with E-state index >= 15 is 0 Å². The molecule has 4 rings (SSSR count). The van der Waals surface area contributed by atoms with Gasteiger partial charge in [-0.1, -0.05) is 12.1 Å². The maximum absolute atomic E-state index is 13.4. The van der Waals surface area contributed by atoms with Crippen LogP contribution in [0, 0.1) is 5.82 Å². The van der Waals surface area contributed by atoms with Crippen molar-refractivity contribution in [3.63, 3.8) is 0 Å². The van der Waals surface area contributed by atoms with Gasteiger partial charge in [-0.25, -0.2) is 4.39 Å². The van der Waals surface area contributed by atoms with Gasteiger partial charge in [-0.3, -0.25) is 4.98 Å². The molecule has 2 heterocycles. The van der Waals surface area contributed by atoms with Crippen molar-refractivity contribution in [3.8, 4) is 5.75 Å². The molecule has 0 unspecified atom stereocenters. The zero-order chi connectivity index (χ0) is 17.2. The Morgan fingerprint density at radius 3 is 2.48 bits per heavy atom. The van der Waals surface area contributed by atoms with Gasteiger partial charge in [0.2, 0.25) is 0 Å². The van der Waals surface area contributed by atoms with Crippen LogP contribution in [0.5, 0.6) is 5.75 Å². The summed E-state index contributed by atoms with van der Waals surface area (Å²) >= 11 is 0. The SMILES string of the molecule is Oc1c([C@@H](c2ccc(F)cc2)[NH+]2CCCCC2)ccc2cccnc12. The summed E-state index contributed by atoms with van der Waals surface area (Å²) in [5.74, 6) is 0.00560. The summed E-state index contributed by atoms with van der Waals surface area (Å²) in [7, 11) is 0. The Hall–Kier alpha value is -2.46. The number of aromatic nitrogens is 1. The molecule has 1 aliphatic heterocycles. The van der Waals surface area contributed by atoms with E-state index < -0.39 is 0 Å². The van der Waals surface area contributed by atoms with Crippen LogP contribution in [-0.4, -0.2) is 23.2 Å². The van der Waals surface area contributed by atoms with E-state index in [4.69, 9.17) is 0 Å². The second-order valence-corrected chi connectivity index (χ2v) is 6.78. The van der Waals surface area contributed by atoms with Crippen molar-refractivity contribution >= 4 is 10.9 Å². The number of fused-ring (bicyclic) bond motifs is 1. The second kappa shape index (κ2) is 6.81. The van der Waals surface area contributed by atoms with Gasteiger partial charge in [0, 0.05) is 17.1 Å². The molecule has 0 saturated carbocycles. The number of benzene rings is 2. The number of likely N-dealkylation sites (tertiary alicyclic amines) is 1. The van der Waals surface area contributed by atoms with E-state index in [-0.39, 0.29) is 17.6 Å². The minimum absolute atomic E-state index is 0.00712. The van der Waals surface area contributed by atoms with E-state index in [2.05, 4.69) is 4.98 Å². The quantitative estimate of drug-likeness (QED) is 0.770. The van der Waals surface area contributed by atoms with E-state index in [0.717, 1.165) is 29.6 Å². The number of piperidine rings is 1. The molecule has 2 N–H and O–H groups in total. The molecule has 1 aliphatic rings. The van der Waals surface area contributed by atoms with Crippen LogP contribution >= 0.6 is 0 Å². The summed E-state index contributed by atoms with van der Waals surface area (Å²) in [6, 6.07) is 14.5. The maximum atomic E-state index is 13.4. The lowest BCUT2D eigenvalue weighted by Gasteiger charge is -2.32. The highest BCUT2D eigenvalue weighted by atomic mass is 19.1. The van der Waals surface area contributed by atoms with Crippen molar-refractivity contribution in [2.75, 3.05) is 13.1 Å². The predicted octanol–water partition coefficient (Wildman–Crippen LogP) is 3.24. The molecule has 2 aromatic carbocycles. The topological polar surface area (TPSA) is 37.6 Å². The molecule has 0 spiro atoms. The minimum Gasteiger partial charge on any atom is -0.505 e. The molecule has 3 aromatic rings. The fourth-order valence-corrected chi connectivity index (χ4v) is 3.96. The Kier molecular flexibility index (Phi) is 4.36. The first-order chi connectivity index (χ1) is 12.2. The fourth-order valence-electron chi connectivity index (χ4n) is 3.96. The number of pyridine rings is 1. The molecule has 0 amide bonds. The zero-order valence-electron chi connectivity index (χ0n) is 14.1. The van der Waals surface area contributed by atoms with Crippen molar-refractivity contribution < 1.29 is 14.4 Å². The summed E-state index contributed by atoms with van der Waals surface area (Å²) in [5.41, 5.74) is 2.53. The molecule has 0 aliphatic carbocycles. The van der Waals surface area contributed by atoms with E-state index in [1.165, 1.54) is 36.3 Å². The third-order valence-corrected chi connectivity index (χ3v) is 5.20. The molecule has 1 fully saturated rings. The number of nitrogens with zero attached hydrogens (tertiary/aromatic N) is 1. The van der Waals surface area contributed by atoms with Crippen LogP contribution in [0.4, 0.5) is 4.39 Å². The number of nitrogens with one attached hydrogen (secondary N) is 1. The molecule has 1 atom stereocenters. The monoisotopic (exact) mass is 337 g/mol. The standard InChI is InChI=1S/C21H21FN2O/c22-17-9-6-16(7-10-17)20(24-13-2-1-3-14-24)18-11-8-15-5-4-12-23-19(15)21(18)25/h4-12,20,25H,1-3,13-14H2/p+1/t20-/m1/s1. The molecule has 1 saturated heterocycles. The van der Waals surface area contributed by atoms with Gasteiger partial charge >= 0.3 is 0 Å². The Morgan fingerprint density at radius 1 is 0.960 bits per heavy atom. The number of halogens is 1. The van der Waals surface area contributed by atoms with Gasteiger partial charge in [0.25, 0.3) is 0 Å². The van der Waals surface area contributed by atoms with Gasteiger partial charge in [-0.05, 0) is 55.7 Å². The van der Waals surface area contributed by atoms with Crippen LogP contribution in [-0.2, 0) is 0 Å². The average Bonchev–Trinajstić information content (AvgIpc) is 2.66. The van der Waals surface area contributed by atoms with E-state index in [0.29, 0.717) is 5.52 Å². The van der Waals surface area contributed by atoms with Gasteiger partial charge in [-0.15, -0.1) is 0 Å². The lowest BCUT2D eigenvalue weighted by atomic mass is 9.93. The molecule has 25 heavy (non-hydrogen) atoms. The zero-order valence-corrected chi connectivity index (χ0v) is 14.1. The number of rotatable bonds is 3. The van der Waals surface area contributed by atoms with Crippen molar-refractivity contribution in [3.05, 3.63) is 71.7 Å². The molecule has 128 valence electrons. The van der Waals surface area contributed by atoms with Gasteiger partial charge in [0.1, 0.15) is 17.4 Å². The largest absolute Gasteiger partial charge is 0.505 e. The molecular weight excluding hydrogens is 315 g/mol. The van der Waals surface area contributed by atoms with Crippen LogP contribution in [0.25, 0.3) is 10.9 Å². The van der Waals surface area contributed by atoms with Crippen molar-refractivity contribution in [2.45, 2.75) is 25.3 Å². The van der Waals surface area contributed by atoms with E-state index in [9.17, 15) is 9.50 Å². The molecular formula is C21H22FN2O+. The highest BCUT2D eigenvalue weighted by Gasteiger charge is 2.30. The van der Waals surface area contributed by atoms with Crippen LogP contribution in [0.15, 0.2) is 54.7 Å². The number of phenolic OH excluding ortho intramolecular Hbond substituents is 1.